The van der Waals surface area contributed by atoms with Crippen LogP contribution in [0.1, 0.15) is 27.2 Å². The largest absolute Gasteiger partial charge is 0.320 e. The molecular formula is C10H14N2S. The number of fused-ring (bicyclic) bond motifs is 1. The van der Waals surface area contributed by atoms with Crippen molar-refractivity contribution in [1.82, 2.24) is 4.90 Å². The number of nitrogens with zero attached hydrogens (tertiary/aromatic N) is 2. The second kappa shape index (κ2) is 3.22. The van der Waals surface area contributed by atoms with Crippen LogP contribution in [0.25, 0.3) is 0 Å². The lowest BCUT2D eigenvalue weighted by Crippen LogP contribution is -2.35. The maximum atomic E-state index is 4.55. The number of amidine groups is 1. The lowest BCUT2D eigenvalue weighted by molar-refractivity contribution is 0.434. The van der Waals surface area contributed by atoms with Crippen LogP contribution < -0.4 is 0 Å². The van der Waals surface area contributed by atoms with Gasteiger partial charge in [-0.15, -0.1) is 0 Å². The smallest absolute Gasteiger partial charge is 0.173 e. The van der Waals surface area contributed by atoms with Gasteiger partial charge in [0.2, 0.25) is 0 Å². The monoisotopic (exact) mass is 194 g/mol. The number of hydrogen-bond acceptors (Lipinski definition) is 3. The van der Waals surface area contributed by atoms with Crippen molar-refractivity contribution in [3.05, 3.63) is 22.9 Å². The Bertz CT molecular complexity index is 315. The minimum atomic E-state index is 0.527. The van der Waals surface area contributed by atoms with Crippen LogP contribution in [0.5, 0.6) is 0 Å². The fourth-order valence-electron chi connectivity index (χ4n) is 1.79. The molecule has 0 fully saturated rings. The van der Waals surface area contributed by atoms with E-state index in [1.54, 1.807) is 11.8 Å². The van der Waals surface area contributed by atoms with E-state index in [4.69, 9.17) is 0 Å². The first kappa shape index (κ1) is 8.88. The Balaban J connectivity index is 2.38. The predicted octanol–water partition coefficient (Wildman–Crippen LogP) is 2.95. The minimum Gasteiger partial charge on any atom is -0.320 e. The summed E-state index contributed by atoms with van der Waals surface area (Å²) in [6.07, 6.45) is 3.28. The summed E-state index contributed by atoms with van der Waals surface area (Å²) in [5, 5.41) is 3.24. The Labute approximate surface area is 83.4 Å². The number of aliphatic imine (C=N–C) groups is 1. The average Bonchev–Trinajstić information content (AvgIpc) is 2.54. The van der Waals surface area contributed by atoms with Crippen molar-refractivity contribution in [2.75, 3.05) is 0 Å². The van der Waals surface area contributed by atoms with Crippen molar-refractivity contribution >= 4 is 16.9 Å². The molecule has 0 aromatic rings. The number of allylic oxidation sites excluding steroid dienone is 1. The van der Waals surface area contributed by atoms with E-state index in [0.29, 0.717) is 6.04 Å². The van der Waals surface area contributed by atoms with Crippen LogP contribution in [-0.2, 0) is 0 Å². The summed E-state index contributed by atoms with van der Waals surface area (Å²) in [5.74, 6) is 0. The van der Waals surface area contributed by atoms with Crippen molar-refractivity contribution < 1.29 is 0 Å². The van der Waals surface area contributed by atoms with E-state index in [1.807, 2.05) is 0 Å². The molecular weight excluding hydrogens is 180 g/mol. The summed E-state index contributed by atoms with van der Waals surface area (Å²) in [4.78, 5) is 6.82. The normalized spacial score (nSPS) is 26.5. The third kappa shape index (κ3) is 1.31. The molecule has 70 valence electrons. The van der Waals surface area contributed by atoms with Gasteiger partial charge in [-0.1, -0.05) is 18.7 Å². The first-order chi connectivity index (χ1) is 6.24. The molecule has 0 amide bonds. The molecule has 0 saturated carbocycles. The Kier molecular flexibility index (Phi) is 2.20. The molecule has 0 spiro atoms. The molecule has 1 unspecified atom stereocenters. The summed E-state index contributed by atoms with van der Waals surface area (Å²) >= 11 is 1.71. The van der Waals surface area contributed by atoms with Crippen LogP contribution in [0, 0.1) is 0 Å². The van der Waals surface area contributed by atoms with Crippen molar-refractivity contribution in [3.8, 4) is 0 Å². The Morgan fingerprint density at radius 2 is 2.31 bits per heavy atom. The molecule has 13 heavy (non-hydrogen) atoms. The molecule has 0 bridgehead atoms. The molecule has 2 nitrogen and oxygen atoms in total. The van der Waals surface area contributed by atoms with E-state index in [0.717, 1.165) is 11.6 Å². The van der Waals surface area contributed by atoms with Gasteiger partial charge in [0.25, 0.3) is 0 Å². The molecule has 0 N–H and O–H groups in total. The molecule has 2 aliphatic heterocycles. The summed E-state index contributed by atoms with van der Waals surface area (Å²) < 4.78 is 0. The third-order valence-corrected chi connectivity index (χ3v) is 3.44. The zero-order valence-electron chi connectivity index (χ0n) is 8.24. The van der Waals surface area contributed by atoms with Crippen LogP contribution in [0.3, 0.4) is 0 Å². The highest BCUT2D eigenvalue weighted by Crippen LogP contribution is 2.32. The highest BCUT2D eigenvalue weighted by molar-refractivity contribution is 8.16. The molecule has 2 aliphatic rings. The summed E-state index contributed by atoms with van der Waals surface area (Å²) in [7, 11) is 0. The minimum absolute atomic E-state index is 0.527. The predicted molar refractivity (Wildman–Crippen MR) is 58.5 cm³/mol. The van der Waals surface area contributed by atoms with Gasteiger partial charge in [-0.2, -0.15) is 0 Å². The first-order valence-electron chi connectivity index (χ1n) is 4.61. The molecule has 3 heteroatoms. The molecule has 1 atom stereocenters. The van der Waals surface area contributed by atoms with Gasteiger partial charge in [-0.3, -0.25) is 0 Å². The van der Waals surface area contributed by atoms with Gasteiger partial charge >= 0.3 is 0 Å². The Hall–Kier alpha value is -0.700. The van der Waals surface area contributed by atoms with Gasteiger partial charge in [-0.25, -0.2) is 4.99 Å². The van der Waals surface area contributed by atoms with Gasteiger partial charge in [0.15, 0.2) is 5.17 Å². The number of rotatable bonds is 1. The van der Waals surface area contributed by atoms with E-state index in [2.05, 4.69) is 42.3 Å². The summed E-state index contributed by atoms with van der Waals surface area (Å²) in [6, 6.07) is 0.527. The van der Waals surface area contributed by atoms with Crippen molar-refractivity contribution in [2.24, 2.45) is 4.99 Å². The fraction of sp³-hybridized carbons (Fsp3) is 0.500. The molecule has 0 saturated heterocycles. The average molecular weight is 194 g/mol. The molecule has 2 rings (SSSR count). The van der Waals surface area contributed by atoms with Crippen molar-refractivity contribution in [3.63, 3.8) is 0 Å². The number of hydrogen-bond donors (Lipinski definition) is 0. The standard InChI is InChI=1S/C10H14N2S/c1-4-9-7(2)8(3)11-10-12(9)5-6-13-10/h5-6,9H,4H2,1-3H3. The van der Waals surface area contributed by atoms with Gasteiger partial charge < -0.3 is 4.90 Å². The van der Waals surface area contributed by atoms with E-state index in [9.17, 15) is 0 Å². The highest BCUT2D eigenvalue weighted by Gasteiger charge is 2.28. The Morgan fingerprint density at radius 1 is 1.54 bits per heavy atom. The van der Waals surface area contributed by atoms with Crippen LogP contribution in [0.15, 0.2) is 27.9 Å². The van der Waals surface area contributed by atoms with Gasteiger partial charge in [0.1, 0.15) is 0 Å². The molecule has 0 aromatic carbocycles. The highest BCUT2D eigenvalue weighted by atomic mass is 32.2. The second-order valence-corrected chi connectivity index (χ2v) is 4.27. The van der Waals surface area contributed by atoms with Gasteiger partial charge in [0, 0.05) is 11.9 Å². The first-order valence-corrected chi connectivity index (χ1v) is 5.49. The maximum absolute atomic E-state index is 4.55. The van der Waals surface area contributed by atoms with Gasteiger partial charge in [0.05, 0.1) is 6.04 Å². The topological polar surface area (TPSA) is 15.6 Å². The van der Waals surface area contributed by atoms with E-state index < -0.39 is 0 Å². The molecule has 0 radical (unpaired) electrons. The van der Waals surface area contributed by atoms with E-state index in [1.165, 1.54) is 11.3 Å². The lowest BCUT2D eigenvalue weighted by atomic mass is 10.0. The summed E-state index contributed by atoms with van der Waals surface area (Å²) in [6.45, 7) is 6.50. The maximum Gasteiger partial charge on any atom is 0.173 e. The number of thioether (sulfide) groups is 1. The van der Waals surface area contributed by atoms with Crippen LogP contribution in [0.4, 0.5) is 0 Å². The zero-order chi connectivity index (χ0) is 9.42. The van der Waals surface area contributed by atoms with Crippen molar-refractivity contribution in [2.45, 2.75) is 33.2 Å². The quantitative estimate of drug-likeness (QED) is 0.637. The third-order valence-electron chi connectivity index (χ3n) is 2.67. The molecule has 0 aromatic heterocycles. The van der Waals surface area contributed by atoms with Crippen LogP contribution >= 0.6 is 11.8 Å². The van der Waals surface area contributed by atoms with Crippen LogP contribution in [-0.4, -0.2) is 16.1 Å². The second-order valence-electron chi connectivity index (χ2n) is 3.40. The Morgan fingerprint density at radius 3 is 3.00 bits per heavy atom. The summed E-state index contributed by atoms with van der Waals surface area (Å²) in [5.41, 5.74) is 2.59. The molecule has 2 heterocycles. The zero-order valence-corrected chi connectivity index (χ0v) is 9.06. The lowest BCUT2D eigenvalue weighted by Gasteiger charge is -2.31. The van der Waals surface area contributed by atoms with E-state index in [-0.39, 0.29) is 0 Å². The SMILES string of the molecule is CCC1C(C)=C(C)N=C2SC=CN21. The van der Waals surface area contributed by atoms with E-state index >= 15 is 0 Å². The van der Waals surface area contributed by atoms with Crippen molar-refractivity contribution in [1.29, 1.82) is 0 Å². The van der Waals surface area contributed by atoms with Gasteiger partial charge in [-0.05, 0) is 31.2 Å². The fourth-order valence-corrected chi connectivity index (χ4v) is 2.60. The molecule has 0 aliphatic carbocycles. The van der Waals surface area contributed by atoms with Crippen LogP contribution in [0.2, 0.25) is 0 Å².